The van der Waals surface area contributed by atoms with Crippen LogP contribution in [-0.4, -0.2) is 15.8 Å². The lowest BCUT2D eigenvalue weighted by molar-refractivity contribution is -0.137. The molecule has 5 nitrogen and oxygen atoms in total. The van der Waals surface area contributed by atoms with Crippen LogP contribution >= 0.6 is 0 Å². The van der Waals surface area contributed by atoms with E-state index in [2.05, 4.69) is 26.1 Å². The summed E-state index contributed by atoms with van der Waals surface area (Å²) in [6.07, 6.45) is -2.04. The fraction of sp³-hybridized carbons (Fsp3) is 0.125. The number of hydrogen-bond donors (Lipinski definition) is 1. The van der Waals surface area contributed by atoms with Gasteiger partial charge in [0.15, 0.2) is 0 Å². The third-order valence-electron chi connectivity index (χ3n) is 5.21. The first-order valence-corrected chi connectivity index (χ1v) is 9.76. The van der Waals surface area contributed by atoms with E-state index in [0.29, 0.717) is 12.1 Å². The minimum atomic E-state index is -4.43. The molecule has 0 unspecified atom stereocenters. The number of rotatable bonds is 5. The van der Waals surface area contributed by atoms with Crippen molar-refractivity contribution in [3.05, 3.63) is 94.8 Å². The molecule has 2 heterocycles. The number of pyridine rings is 1. The van der Waals surface area contributed by atoms with Crippen LogP contribution in [0.15, 0.2) is 72.0 Å². The number of fused-ring (bicyclic) bond motifs is 1. The molecule has 0 spiro atoms. The topological polar surface area (TPSA) is 66.0 Å². The molecular weight excluding hydrogens is 415 g/mol. The summed E-state index contributed by atoms with van der Waals surface area (Å²) in [5.74, 6) is 0.207. The summed E-state index contributed by atoms with van der Waals surface area (Å²) in [7, 11) is 0. The fourth-order valence-electron chi connectivity index (χ4n) is 3.55. The zero-order chi connectivity index (χ0) is 22.7. The summed E-state index contributed by atoms with van der Waals surface area (Å²) in [6, 6.07) is 19.7. The second-order valence-corrected chi connectivity index (χ2v) is 7.17. The van der Waals surface area contributed by atoms with Crippen molar-refractivity contribution in [2.45, 2.75) is 19.6 Å². The zero-order valence-electron chi connectivity index (χ0n) is 17.1. The Labute approximate surface area is 182 Å². The van der Waals surface area contributed by atoms with Gasteiger partial charge in [-0.2, -0.15) is 23.5 Å². The zero-order valence-corrected chi connectivity index (χ0v) is 17.1. The van der Waals surface area contributed by atoms with Crippen molar-refractivity contribution in [2.24, 2.45) is 5.10 Å². The molecule has 4 rings (SSSR count). The highest BCUT2D eigenvalue weighted by Gasteiger charge is 2.30. The highest BCUT2D eigenvalue weighted by molar-refractivity contribution is 6.01. The van der Waals surface area contributed by atoms with E-state index < -0.39 is 11.7 Å². The highest BCUT2D eigenvalue weighted by atomic mass is 19.4. The Morgan fingerprint density at radius 2 is 1.84 bits per heavy atom. The Bertz CT molecular complexity index is 1330. The van der Waals surface area contributed by atoms with Crippen molar-refractivity contribution < 1.29 is 13.2 Å². The first kappa shape index (κ1) is 21.1. The van der Waals surface area contributed by atoms with Gasteiger partial charge in [-0.15, -0.1) is 0 Å². The van der Waals surface area contributed by atoms with Gasteiger partial charge in [0.25, 0.3) is 0 Å². The first-order valence-electron chi connectivity index (χ1n) is 9.76. The second kappa shape index (κ2) is 8.55. The molecule has 0 aliphatic rings. The molecule has 4 aromatic rings. The van der Waals surface area contributed by atoms with E-state index >= 15 is 0 Å². The fourth-order valence-corrected chi connectivity index (χ4v) is 3.55. The number of para-hydroxylation sites is 1. The molecule has 2 aromatic heterocycles. The number of benzene rings is 2. The third kappa shape index (κ3) is 4.18. The van der Waals surface area contributed by atoms with Crippen LogP contribution in [0, 0.1) is 18.3 Å². The Morgan fingerprint density at radius 3 is 2.56 bits per heavy atom. The van der Waals surface area contributed by atoms with Crippen molar-refractivity contribution >= 4 is 22.9 Å². The van der Waals surface area contributed by atoms with Crippen molar-refractivity contribution in [3.8, 4) is 6.07 Å². The summed E-state index contributed by atoms with van der Waals surface area (Å²) in [6.45, 7) is 2.49. The van der Waals surface area contributed by atoms with Gasteiger partial charge >= 0.3 is 6.18 Å². The Kier molecular flexibility index (Phi) is 5.65. The van der Waals surface area contributed by atoms with Gasteiger partial charge in [0.1, 0.15) is 5.82 Å². The van der Waals surface area contributed by atoms with E-state index in [-0.39, 0.29) is 5.82 Å². The second-order valence-electron chi connectivity index (χ2n) is 7.17. The summed E-state index contributed by atoms with van der Waals surface area (Å²) >= 11 is 0. The number of alkyl halides is 3. The smallest absolute Gasteiger partial charge is 0.340 e. The maximum atomic E-state index is 12.7. The van der Waals surface area contributed by atoms with Gasteiger partial charge in [-0.05, 0) is 36.8 Å². The van der Waals surface area contributed by atoms with E-state index in [9.17, 15) is 18.4 Å². The molecule has 0 atom stereocenters. The predicted octanol–water partition coefficient (Wildman–Crippen LogP) is 5.73. The Hall–Kier alpha value is -4.12. The normalized spacial score (nSPS) is 11.7. The summed E-state index contributed by atoms with van der Waals surface area (Å²) < 4.78 is 40.2. The lowest BCUT2D eigenvalue weighted by atomic mass is 10.1. The predicted molar refractivity (Wildman–Crippen MR) is 117 cm³/mol. The average molecular weight is 433 g/mol. The first-order chi connectivity index (χ1) is 15.4. The third-order valence-corrected chi connectivity index (χ3v) is 5.21. The minimum absolute atomic E-state index is 0.207. The summed E-state index contributed by atoms with van der Waals surface area (Å²) in [5, 5.41) is 14.6. The van der Waals surface area contributed by atoms with Crippen LogP contribution in [0.4, 0.5) is 19.0 Å². The molecule has 0 saturated carbocycles. The highest BCUT2D eigenvalue weighted by Crippen LogP contribution is 2.29. The quantitative estimate of drug-likeness (QED) is 0.323. The number of halogens is 3. The summed E-state index contributed by atoms with van der Waals surface area (Å²) in [4.78, 5) is 3.76. The van der Waals surface area contributed by atoms with Crippen LogP contribution in [0.3, 0.4) is 0 Å². The van der Waals surface area contributed by atoms with Crippen LogP contribution in [0.5, 0.6) is 0 Å². The molecule has 160 valence electrons. The maximum Gasteiger partial charge on any atom is 0.417 e. The van der Waals surface area contributed by atoms with Gasteiger partial charge in [-0.25, -0.2) is 4.98 Å². The van der Waals surface area contributed by atoms with Crippen LogP contribution in [0.1, 0.15) is 27.9 Å². The number of hydrogen-bond acceptors (Lipinski definition) is 4. The van der Waals surface area contributed by atoms with Gasteiger partial charge in [-0.3, -0.25) is 5.43 Å². The molecule has 0 saturated heterocycles. The standard InChI is InChI=1S/C24H18F3N5/c1-16-21(14-30-31-23-11-10-19(13-29-23)24(25,26)27)20-8-4-5-9-22(20)32(16)15-18-7-3-2-6-17(18)12-28/h2-11,13-14H,15H2,1H3,(H,29,31)/b30-14-. The Balaban J connectivity index is 1.64. The molecule has 0 bridgehead atoms. The molecule has 0 fully saturated rings. The van der Waals surface area contributed by atoms with Crippen molar-refractivity contribution in [1.29, 1.82) is 5.26 Å². The number of nitrogens with one attached hydrogen (secondary N) is 1. The van der Waals surface area contributed by atoms with Crippen molar-refractivity contribution in [2.75, 3.05) is 5.43 Å². The molecule has 8 heteroatoms. The van der Waals surface area contributed by atoms with Gasteiger partial charge in [0.2, 0.25) is 0 Å². The van der Waals surface area contributed by atoms with E-state index in [1.807, 2.05) is 49.4 Å². The van der Waals surface area contributed by atoms with E-state index in [4.69, 9.17) is 0 Å². The van der Waals surface area contributed by atoms with E-state index in [1.165, 1.54) is 6.07 Å². The average Bonchev–Trinajstić information content (AvgIpc) is 3.05. The molecule has 0 aliphatic carbocycles. The lowest BCUT2D eigenvalue weighted by Gasteiger charge is -2.10. The van der Waals surface area contributed by atoms with Gasteiger partial charge in [-0.1, -0.05) is 36.4 Å². The van der Waals surface area contributed by atoms with Gasteiger partial charge in [0.05, 0.1) is 23.4 Å². The minimum Gasteiger partial charge on any atom is -0.340 e. The van der Waals surface area contributed by atoms with Crippen molar-refractivity contribution in [1.82, 2.24) is 9.55 Å². The number of aromatic nitrogens is 2. The summed E-state index contributed by atoms with van der Waals surface area (Å²) in [5.41, 5.74) is 6.21. The number of anilines is 1. The van der Waals surface area contributed by atoms with Crippen molar-refractivity contribution in [3.63, 3.8) is 0 Å². The largest absolute Gasteiger partial charge is 0.417 e. The molecule has 32 heavy (non-hydrogen) atoms. The van der Waals surface area contributed by atoms with Crippen LogP contribution in [0.25, 0.3) is 10.9 Å². The lowest BCUT2D eigenvalue weighted by Crippen LogP contribution is -2.06. The van der Waals surface area contributed by atoms with Crippen LogP contribution in [0.2, 0.25) is 0 Å². The molecular formula is C24H18F3N5. The SMILES string of the molecule is Cc1c(/C=N\Nc2ccc(C(F)(F)F)cn2)c2ccccc2n1Cc1ccccc1C#N. The Morgan fingerprint density at radius 1 is 1.09 bits per heavy atom. The molecule has 0 aliphatic heterocycles. The molecule has 2 aromatic carbocycles. The molecule has 0 amide bonds. The molecule has 0 radical (unpaired) electrons. The van der Waals surface area contributed by atoms with Gasteiger partial charge < -0.3 is 4.57 Å². The van der Waals surface area contributed by atoms with Crippen LogP contribution in [-0.2, 0) is 12.7 Å². The van der Waals surface area contributed by atoms with Crippen LogP contribution < -0.4 is 5.43 Å². The van der Waals surface area contributed by atoms with E-state index in [1.54, 1.807) is 12.3 Å². The molecule has 1 N–H and O–H groups in total. The van der Waals surface area contributed by atoms with E-state index in [0.717, 1.165) is 40.0 Å². The monoisotopic (exact) mass is 433 g/mol. The number of hydrazone groups is 1. The number of nitriles is 1. The maximum absolute atomic E-state index is 12.7. The number of nitrogens with zero attached hydrogens (tertiary/aromatic N) is 4. The van der Waals surface area contributed by atoms with Gasteiger partial charge in [0, 0.05) is 34.9 Å².